The van der Waals surface area contributed by atoms with Crippen LogP contribution in [0.1, 0.15) is 35.3 Å². The van der Waals surface area contributed by atoms with Crippen molar-refractivity contribution in [2.45, 2.75) is 27.0 Å². The minimum Gasteiger partial charge on any atom is -0.489 e. The number of amides is 1. The van der Waals surface area contributed by atoms with Gasteiger partial charge < -0.3 is 10.1 Å². The lowest BCUT2D eigenvalue weighted by Crippen LogP contribution is -2.22. The zero-order chi connectivity index (χ0) is 20.5. The number of hydrogen-bond acceptors (Lipinski definition) is 3. The normalized spacial score (nSPS) is 10.7. The van der Waals surface area contributed by atoms with Gasteiger partial charge in [-0.2, -0.15) is 0 Å². The van der Waals surface area contributed by atoms with E-state index in [0.717, 1.165) is 36.6 Å². The van der Waals surface area contributed by atoms with Crippen molar-refractivity contribution in [3.05, 3.63) is 95.6 Å². The third-order valence-electron chi connectivity index (χ3n) is 4.88. The minimum absolute atomic E-state index is 0.114. The Balaban J connectivity index is 1.53. The Morgan fingerprint density at radius 3 is 2.10 bits per heavy atom. The maximum absolute atomic E-state index is 12.5. The van der Waals surface area contributed by atoms with Crippen LogP contribution in [-0.4, -0.2) is 23.9 Å². The number of carbonyl (C=O) groups excluding carboxylic acids is 1. The molecule has 4 heteroatoms. The number of ether oxygens (including phenoxy) is 1. The summed E-state index contributed by atoms with van der Waals surface area (Å²) in [6, 6.07) is 25.3. The van der Waals surface area contributed by atoms with Gasteiger partial charge in [0.2, 0.25) is 0 Å². The van der Waals surface area contributed by atoms with E-state index in [1.165, 1.54) is 5.56 Å². The fourth-order valence-corrected chi connectivity index (χ4v) is 3.05. The van der Waals surface area contributed by atoms with Gasteiger partial charge >= 0.3 is 0 Å². The van der Waals surface area contributed by atoms with E-state index < -0.39 is 0 Å². The standard InChI is InChI=1S/C25H28N2O2/c1-3-27(4-2)18-20-10-12-22(13-11-20)25(28)26-23-14-16-24(17-15-23)29-19-21-8-6-5-7-9-21/h5-17H,3-4,18-19H2,1-2H3,(H,26,28). The van der Waals surface area contributed by atoms with Crippen LogP contribution in [0.4, 0.5) is 5.69 Å². The van der Waals surface area contributed by atoms with Crippen molar-refractivity contribution >= 4 is 11.6 Å². The molecule has 3 aromatic rings. The number of nitrogens with zero attached hydrogens (tertiary/aromatic N) is 1. The molecule has 0 heterocycles. The van der Waals surface area contributed by atoms with E-state index in [-0.39, 0.29) is 5.91 Å². The smallest absolute Gasteiger partial charge is 0.255 e. The number of nitrogens with one attached hydrogen (secondary N) is 1. The van der Waals surface area contributed by atoms with Gasteiger partial charge in [-0.1, -0.05) is 56.3 Å². The number of hydrogen-bond donors (Lipinski definition) is 1. The van der Waals surface area contributed by atoms with Gasteiger partial charge in [-0.05, 0) is 60.6 Å². The Kier molecular flexibility index (Phi) is 7.42. The summed E-state index contributed by atoms with van der Waals surface area (Å²) in [5, 5.41) is 2.94. The minimum atomic E-state index is -0.114. The first kappa shape index (κ1) is 20.6. The second-order valence-electron chi connectivity index (χ2n) is 6.91. The van der Waals surface area contributed by atoms with Crippen LogP contribution in [0.3, 0.4) is 0 Å². The fraction of sp³-hybridized carbons (Fsp3) is 0.240. The Bertz CT molecular complexity index is 886. The molecule has 0 aliphatic carbocycles. The second kappa shape index (κ2) is 10.4. The highest BCUT2D eigenvalue weighted by Crippen LogP contribution is 2.18. The van der Waals surface area contributed by atoms with Crippen molar-refractivity contribution in [1.82, 2.24) is 4.90 Å². The molecule has 0 atom stereocenters. The van der Waals surface area contributed by atoms with Crippen molar-refractivity contribution in [3.63, 3.8) is 0 Å². The van der Waals surface area contributed by atoms with Crippen LogP contribution >= 0.6 is 0 Å². The summed E-state index contributed by atoms with van der Waals surface area (Å²) in [6.45, 7) is 7.77. The summed E-state index contributed by atoms with van der Waals surface area (Å²) >= 11 is 0. The molecule has 3 aromatic carbocycles. The van der Waals surface area contributed by atoms with Crippen LogP contribution < -0.4 is 10.1 Å². The molecule has 0 bridgehead atoms. The van der Waals surface area contributed by atoms with Crippen molar-refractivity contribution in [3.8, 4) is 5.75 Å². The van der Waals surface area contributed by atoms with Gasteiger partial charge in [-0.25, -0.2) is 0 Å². The lowest BCUT2D eigenvalue weighted by molar-refractivity contribution is 0.102. The second-order valence-corrected chi connectivity index (χ2v) is 6.91. The number of carbonyl (C=O) groups is 1. The monoisotopic (exact) mass is 388 g/mol. The lowest BCUT2D eigenvalue weighted by atomic mass is 10.1. The van der Waals surface area contributed by atoms with Crippen LogP contribution in [0.5, 0.6) is 5.75 Å². The summed E-state index contributed by atoms with van der Waals surface area (Å²) in [5.74, 6) is 0.657. The maximum atomic E-state index is 12.5. The van der Waals surface area contributed by atoms with E-state index >= 15 is 0 Å². The number of rotatable bonds is 9. The molecule has 0 aromatic heterocycles. The zero-order valence-corrected chi connectivity index (χ0v) is 17.1. The van der Waals surface area contributed by atoms with Gasteiger partial charge in [-0.3, -0.25) is 9.69 Å². The van der Waals surface area contributed by atoms with Gasteiger partial charge in [0.15, 0.2) is 0 Å². The average Bonchev–Trinajstić information content (AvgIpc) is 2.78. The molecule has 4 nitrogen and oxygen atoms in total. The van der Waals surface area contributed by atoms with Crippen LogP contribution in [0.15, 0.2) is 78.9 Å². The van der Waals surface area contributed by atoms with Gasteiger partial charge in [0.05, 0.1) is 0 Å². The number of benzene rings is 3. The maximum Gasteiger partial charge on any atom is 0.255 e. The van der Waals surface area contributed by atoms with Crippen molar-refractivity contribution < 1.29 is 9.53 Å². The van der Waals surface area contributed by atoms with E-state index in [1.807, 2.05) is 78.9 Å². The first-order valence-electron chi connectivity index (χ1n) is 10.1. The molecule has 1 N–H and O–H groups in total. The first-order valence-corrected chi connectivity index (χ1v) is 10.1. The van der Waals surface area contributed by atoms with Gasteiger partial charge in [0.25, 0.3) is 5.91 Å². The van der Waals surface area contributed by atoms with E-state index in [2.05, 4.69) is 24.1 Å². The molecule has 1 amide bonds. The molecule has 0 fully saturated rings. The predicted molar refractivity (Wildman–Crippen MR) is 118 cm³/mol. The molecule has 0 aliphatic heterocycles. The van der Waals surface area contributed by atoms with Crippen molar-refractivity contribution in [2.75, 3.05) is 18.4 Å². The molecular weight excluding hydrogens is 360 g/mol. The third kappa shape index (κ3) is 6.19. The molecule has 0 aliphatic rings. The number of anilines is 1. The predicted octanol–water partition coefficient (Wildman–Crippen LogP) is 5.36. The molecule has 0 spiro atoms. The highest BCUT2D eigenvalue weighted by atomic mass is 16.5. The third-order valence-corrected chi connectivity index (χ3v) is 4.88. The van der Waals surface area contributed by atoms with Crippen molar-refractivity contribution in [2.24, 2.45) is 0 Å². The molecule has 3 rings (SSSR count). The summed E-state index contributed by atoms with van der Waals surface area (Å²) in [4.78, 5) is 14.8. The van der Waals surface area contributed by atoms with Crippen LogP contribution in [0.25, 0.3) is 0 Å². The van der Waals surface area contributed by atoms with Crippen LogP contribution in [0, 0.1) is 0 Å². The lowest BCUT2D eigenvalue weighted by Gasteiger charge is -2.18. The summed E-state index contributed by atoms with van der Waals surface area (Å²) in [6.07, 6.45) is 0. The molecule has 0 saturated heterocycles. The Labute approximate surface area is 173 Å². The highest BCUT2D eigenvalue weighted by Gasteiger charge is 2.07. The van der Waals surface area contributed by atoms with Gasteiger partial charge in [0.1, 0.15) is 12.4 Å². The molecule has 150 valence electrons. The molecule has 29 heavy (non-hydrogen) atoms. The summed E-state index contributed by atoms with van der Waals surface area (Å²) < 4.78 is 5.78. The highest BCUT2D eigenvalue weighted by molar-refractivity contribution is 6.04. The molecule has 0 unspecified atom stereocenters. The van der Waals surface area contributed by atoms with Crippen LogP contribution in [0.2, 0.25) is 0 Å². The summed E-state index contributed by atoms with van der Waals surface area (Å²) in [5.41, 5.74) is 3.73. The van der Waals surface area contributed by atoms with E-state index in [0.29, 0.717) is 12.2 Å². The largest absolute Gasteiger partial charge is 0.489 e. The summed E-state index contributed by atoms with van der Waals surface area (Å²) in [7, 11) is 0. The van der Waals surface area contributed by atoms with E-state index in [9.17, 15) is 4.79 Å². The Morgan fingerprint density at radius 2 is 1.48 bits per heavy atom. The van der Waals surface area contributed by atoms with Gasteiger partial charge in [0, 0.05) is 17.8 Å². The molecular formula is C25H28N2O2. The SMILES string of the molecule is CCN(CC)Cc1ccc(C(=O)Nc2ccc(OCc3ccccc3)cc2)cc1. The fourth-order valence-electron chi connectivity index (χ4n) is 3.05. The quantitative estimate of drug-likeness (QED) is 0.536. The topological polar surface area (TPSA) is 41.6 Å². The first-order chi connectivity index (χ1) is 14.2. The molecule has 0 radical (unpaired) electrons. The van der Waals surface area contributed by atoms with E-state index in [4.69, 9.17) is 4.74 Å². The van der Waals surface area contributed by atoms with E-state index in [1.54, 1.807) is 0 Å². The zero-order valence-electron chi connectivity index (χ0n) is 17.1. The molecule has 0 saturated carbocycles. The van der Waals surface area contributed by atoms with Gasteiger partial charge in [-0.15, -0.1) is 0 Å². The average molecular weight is 389 g/mol. The Morgan fingerprint density at radius 1 is 0.828 bits per heavy atom. The van der Waals surface area contributed by atoms with Crippen LogP contribution in [-0.2, 0) is 13.2 Å². The van der Waals surface area contributed by atoms with Crippen molar-refractivity contribution in [1.29, 1.82) is 0 Å². The Hall–Kier alpha value is -3.11.